The topological polar surface area (TPSA) is 45.7 Å². The van der Waals surface area contributed by atoms with Crippen LogP contribution < -0.4 is 4.90 Å². The van der Waals surface area contributed by atoms with Crippen LogP contribution in [0.2, 0.25) is 0 Å². The normalized spacial score (nSPS) is 18.5. The number of amides is 1. The van der Waals surface area contributed by atoms with Crippen molar-refractivity contribution in [2.24, 2.45) is 0 Å². The summed E-state index contributed by atoms with van der Waals surface area (Å²) in [5.74, 6) is 0.672. The summed E-state index contributed by atoms with van der Waals surface area (Å²) in [5, 5.41) is 3.89. The molecule has 224 valence electrons. The molecule has 1 amide bonds. The molecule has 2 aromatic heterocycles. The van der Waals surface area contributed by atoms with Crippen LogP contribution >= 0.6 is 11.3 Å². The summed E-state index contributed by atoms with van der Waals surface area (Å²) in [4.78, 5) is 21.2. The molecule has 5 nitrogen and oxygen atoms in total. The lowest BCUT2D eigenvalue weighted by Gasteiger charge is -2.36. The van der Waals surface area contributed by atoms with E-state index in [9.17, 15) is 31.1 Å². The van der Waals surface area contributed by atoms with Gasteiger partial charge in [-0.1, -0.05) is 25.8 Å². The van der Waals surface area contributed by atoms with Gasteiger partial charge >= 0.3 is 18.4 Å². The van der Waals surface area contributed by atoms with Crippen molar-refractivity contribution in [3.8, 4) is 11.1 Å². The third-order valence-electron chi connectivity index (χ3n) is 7.76. The molecular formula is C30H29F6N3O2S. The molecule has 2 fully saturated rings. The molecule has 2 aliphatic rings. The minimum absolute atomic E-state index is 0.0410. The van der Waals surface area contributed by atoms with Crippen LogP contribution in [0.1, 0.15) is 67.4 Å². The molecule has 3 aromatic rings. The molecule has 1 saturated carbocycles. The van der Waals surface area contributed by atoms with Crippen molar-refractivity contribution in [1.82, 2.24) is 9.88 Å². The lowest BCUT2D eigenvalue weighted by atomic mass is 9.93. The van der Waals surface area contributed by atoms with Crippen molar-refractivity contribution in [3.63, 3.8) is 0 Å². The van der Waals surface area contributed by atoms with Crippen LogP contribution in [-0.4, -0.2) is 28.6 Å². The minimum Gasteiger partial charge on any atom is -0.434 e. The van der Waals surface area contributed by atoms with Gasteiger partial charge < -0.3 is 9.64 Å². The van der Waals surface area contributed by atoms with E-state index in [1.807, 2.05) is 29.8 Å². The van der Waals surface area contributed by atoms with Crippen LogP contribution in [-0.2, 0) is 23.6 Å². The number of alkyl halides is 6. The minimum atomic E-state index is -5.04. The average molecular weight is 610 g/mol. The van der Waals surface area contributed by atoms with E-state index in [1.165, 1.54) is 11.3 Å². The number of nitrogens with zero attached hydrogens (tertiary/aromatic N) is 3. The summed E-state index contributed by atoms with van der Waals surface area (Å²) >= 11 is 1.52. The first-order valence-electron chi connectivity index (χ1n) is 13.6. The Hall–Kier alpha value is -3.54. The molecule has 1 aliphatic heterocycles. The smallest absolute Gasteiger partial charge is 0.416 e. The summed E-state index contributed by atoms with van der Waals surface area (Å²) in [7, 11) is 0. The number of carbonyl (C=O) groups is 1. The summed E-state index contributed by atoms with van der Waals surface area (Å²) < 4.78 is 86.4. The fourth-order valence-corrected chi connectivity index (χ4v) is 6.32. The fourth-order valence-electron chi connectivity index (χ4n) is 5.66. The Balaban J connectivity index is 1.51. The van der Waals surface area contributed by atoms with E-state index in [0.717, 1.165) is 48.1 Å². The monoisotopic (exact) mass is 609 g/mol. The number of ether oxygens (including phenoxy) is 1. The lowest BCUT2D eigenvalue weighted by Crippen LogP contribution is -2.38. The van der Waals surface area contributed by atoms with Crippen LogP contribution in [0, 0.1) is 0 Å². The third kappa shape index (κ3) is 6.13. The first kappa shape index (κ1) is 29.9. The molecule has 12 heteroatoms. The summed E-state index contributed by atoms with van der Waals surface area (Å²) in [6.07, 6.45) is -5.38. The summed E-state index contributed by atoms with van der Waals surface area (Å²) in [6, 6.07) is 5.28. The Morgan fingerprint density at radius 2 is 1.69 bits per heavy atom. The van der Waals surface area contributed by atoms with E-state index in [4.69, 9.17) is 9.72 Å². The molecule has 0 bridgehead atoms. The van der Waals surface area contributed by atoms with Gasteiger partial charge in [-0.2, -0.15) is 37.7 Å². The van der Waals surface area contributed by atoms with Crippen molar-refractivity contribution in [2.45, 2.75) is 70.1 Å². The standard InChI is InChI=1S/C30H29F6N3O2S/c1-3-38(25-7-5-4-6-8-25)27-22(11-21(15-37-27)19-9-10-42-17-19)16-39-18(2)26(41-28(39)40)20-12-23(29(31,32)33)14-24(13-20)30(34,35)36/h9-15,17,25-26H,2-8,16H2,1H3. The van der Waals surface area contributed by atoms with Crippen LogP contribution in [0.4, 0.5) is 37.0 Å². The van der Waals surface area contributed by atoms with E-state index in [1.54, 1.807) is 6.20 Å². The van der Waals surface area contributed by atoms with Gasteiger partial charge in [-0.15, -0.1) is 0 Å². The SMILES string of the molecule is C=C1C(c2cc(C(F)(F)F)cc(C(F)(F)F)c2)OC(=O)N1Cc1cc(-c2ccsc2)cnc1N(CC)C1CCCCC1. The third-order valence-corrected chi connectivity index (χ3v) is 8.44. The molecule has 0 radical (unpaired) electrons. The number of pyridine rings is 1. The van der Waals surface area contributed by atoms with Crippen LogP contribution in [0.3, 0.4) is 0 Å². The maximum Gasteiger partial charge on any atom is 0.416 e. The van der Waals surface area contributed by atoms with Gasteiger partial charge in [-0.3, -0.25) is 4.90 Å². The van der Waals surface area contributed by atoms with Crippen LogP contribution in [0.25, 0.3) is 11.1 Å². The Labute approximate surface area is 243 Å². The molecule has 1 atom stereocenters. The highest BCUT2D eigenvalue weighted by Crippen LogP contribution is 2.43. The highest BCUT2D eigenvalue weighted by molar-refractivity contribution is 7.08. The van der Waals surface area contributed by atoms with Crippen molar-refractivity contribution in [3.05, 3.63) is 81.8 Å². The predicted molar refractivity (Wildman–Crippen MR) is 148 cm³/mol. The number of aromatic nitrogens is 1. The Morgan fingerprint density at radius 3 is 2.26 bits per heavy atom. The molecule has 0 spiro atoms. The molecule has 1 aromatic carbocycles. The Kier molecular flexibility index (Phi) is 8.28. The summed E-state index contributed by atoms with van der Waals surface area (Å²) in [5.41, 5.74) is -1.07. The number of cyclic esters (lactones) is 1. The van der Waals surface area contributed by atoms with Crippen molar-refractivity contribution in [2.75, 3.05) is 11.4 Å². The zero-order valence-corrected chi connectivity index (χ0v) is 23.6. The van der Waals surface area contributed by atoms with Gasteiger partial charge in [0.05, 0.1) is 23.4 Å². The van der Waals surface area contributed by atoms with Crippen molar-refractivity contribution >= 4 is 23.2 Å². The number of carbonyl (C=O) groups excluding carboxylic acids is 1. The van der Waals surface area contributed by atoms with Crippen LogP contribution in [0.5, 0.6) is 0 Å². The fraction of sp³-hybridized carbons (Fsp3) is 0.400. The maximum absolute atomic E-state index is 13.5. The molecule has 1 unspecified atom stereocenters. The van der Waals surface area contributed by atoms with E-state index in [-0.39, 0.29) is 24.4 Å². The number of benzene rings is 1. The first-order valence-corrected chi connectivity index (χ1v) is 14.6. The largest absolute Gasteiger partial charge is 0.434 e. The highest BCUT2D eigenvalue weighted by Gasteiger charge is 2.42. The summed E-state index contributed by atoms with van der Waals surface area (Å²) in [6.45, 7) is 6.49. The Bertz CT molecular complexity index is 1420. The van der Waals surface area contributed by atoms with Gasteiger partial charge in [0.15, 0.2) is 6.10 Å². The average Bonchev–Trinajstić information content (AvgIpc) is 3.58. The molecule has 0 N–H and O–H groups in total. The molecule has 3 heterocycles. The highest BCUT2D eigenvalue weighted by atomic mass is 32.1. The zero-order valence-electron chi connectivity index (χ0n) is 22.8. The van der Waals surface area contributed by atoms with Crippen LogP contribution in [0.15, 0.2) is 59.6 Å². The second-order valence-corrected chi connectivity index (χ2v) is 11.3. The number of halogens is 6. The molecule has 1 saturated heterocycles. The van der Waals surface area contributed by atoms with Gasteiger partial charge in [0.2, 0.25) is 0 Å². The lowest BCUT2D eigenvalue weighted by molar-refractivity contribution is -0.143. The number of hydrogen-bond acceptors (Lipinski definition) is 5. The molecule has 42 heavy (non-hydrogen) atoms. The zero-order chi connectivity index (χ0) is 30.2. The van der Waals surface area contributed by atoms with E-state index in [2.05, 4.69) is 11.5 Å². The number of rotatable bonds is 7. The van der Waals surface area contributed by atoms with E-state index >= 15 is 0 Å². The number of thiophene rings is 1. The predicted octanol–water partition coefficient (Wildman–Crippen LogP) is 9.21. The first-order chi connectivity index (χ1) is 19.9. The quantitative estimate of drug-likeness (QED) is 0.251. The van der Waals surface area contributed by atoms with Crippen molar-refractivity contribution in [1.29, 1.82) is 0 Å². The van der Waals surface area contributed by atoms with E-state index < -0.39 is 41.2 Å². The second-order valence-electron chi connectivity index (χ2n) is 10.5. The molecular weight excluding hydrogens is 580 g/mol. The van der Waals surface area contributed by atoms with Gasteiger partial charge in [0.1, 0.15) is 5.82 Å². The number of anilines is 1. The van der Waals surface area contributed by atoms with Gasteiger partial charge in [-0.25, -0.2) is 9.78 Å². The molecule has 1 aliphatic carbocycles. The Morgan fingerprint density at radius 1 is 1.02 bits per heavy atom. The number of hydrogen-bond donors (Lipinski definition) is 0. The second kappa shape index (κ2) is 11.6. The van der Waals surface area contributed by atoms with E-state index in [0.29, 0.717) is 30.1 Å². The van der Waals surface area contributed by atoms with Gasteiger partial charge in [0.25, 0.3) is 0 Å². The van der Waals surface area contributed by atoms with Crippen molar-refractivity contribution < 1.29 is 35.9 Å². The molecule has 5 rings (SSSR count). The van der Waals surface area contributed by atoms with Gasteiger partial charge in [0, 0.05) is 29.9 Å². The van der Waals surface area contributed by atoms with Gasteiger partial charge in [-0.05, 0) is 72.0 Å². The maximum atomic E-state index is 13.5.